The molecule has 1 N–H and O–H groups in total. The summed E-state index contributed by atoms with van der Waals surface area (Å²) in [5.41, 5.74) is 0. The van der Waals surface area contributed by atoms with Crippen molar-refractivity contribution in [1.29, 1.82) is 0 Å². The Morgan fingerprint density at radius 2 is 2.19 bits per heavy atom. The first-order valence-corrected chi connectivity index (χ1v) is 6.23. The van der Waals surface area contributed by atoms with Crippen molar-refractivity contribution in [3.63, 3.8) is 0 Å². The van der Waals surface area contributed by atoms with Gasteiger partial charge in [-0.3, -0.25) is 0 Å². The van der Waals surface area contributed by atoms with Crippen molar-refractivity contribution in [3.8, 4) is 0 Å². The first-order valence-electron chi connectivity index (χ1n) is 5.35. The number of halogens is 1. The molecule has 90 valence electrons. The molecule has 2 nitrogen and oxygen atoms in total. The molecule has 4 heteroatoms. The second kappa shape index (κ2) is 7.65. The van der Waals surface area contributed by atoms with Crippen LogP contribution in [0.4, 0.5) is 4.39 Å². The average Bonchev–Trinajstić information content (AvgIpc) is 2.28. The van der Waals surface area contributed by atoms with Gasteiger partial charge in [-0.15, -0.1) is 11.8 Å². The molecule has 0 aliphatic carbocycles. The van der Waals surface area contributed by atoms with Gasteiger partial charge in [-0.25, -0.2) is 4.39 Å². The van der Waals surface area contributed by atoms with Crippen LogP contribution in [-0.4, -0.2) is 32.1 Å². The molecule has 1 aromatic rings. The number of rotatable bonds is 7. The molecule has 0 aliphatic heterocycles. The van der Waals surface area contributed by atoms with Crippen LogP contribution in [0.15, 0.2) is 29.2 Å². The summed E-state index contributed by atoms with van der Waals surface area (Å²) in [6.45, 7) is 4.47. The van der Waals surface area contributed by atoms with Crippen molar-refractivity contribution in [3.05, 3.63) is 30.1 Å². The highest BCUT2D eigenvalue weighted by Gasteiger charge is 2.07. The molecule has 1 atom stereocenters. The minimum absolute atomic E-state index is 0.142. The summed E-state index contributed by atoms with van der Waals surface area (Å²) in [6, 6.07) is 6.87. The highest BCUT2D eigenvalue weighted by atomic mass is 32.2. The monoisotopic (exact) mass is 243 g/mol. The van der Waals surface area contributed by atoms with E-state index in [4.69, 9.17) is 4.74 Å². The molecular weight excluding hydrogens is 225 g/mol. The molecule has 1 unspecified atom stereocenters. The van der Waals surface area contributed by atoms with Crippen LogP contribution in [0.5, 0.6) is 0 Å². The van der Waals surface area contributed by atoms with Crippen molar-refractivity contribution >= 4 is 11.8 Å². The summed E-state index contributed by atoms with van der Waals surface area (Å²) in [5, 5.41) is 3.60. The second-order valence-electron chi connectivity index (χ2n) is 3.56. The molecule has 0 saturated heterocycles. The SMILES string of the molecule is COCCNCC(C)Sc1ccccc1F. The number of methoxy groups -OCH3 is 1. The van der Waals surface area contributed by atoms with E-state index >= 15 is 0 Å². The van der Waals surface area contributed by atoms with Crippen LogP contribution in [0.2, 0.25) is 0 Å². The zero-order chi connectivity index (χ0) is 11.8. The van der Waals surface area contributed by atoms with Gasteiger partial charge in [0.1, 0.15) is 5.82 Å². The molecule has 0 amide bonds. The molecule has 1 rings (SSSR count). The Labute approximate surface area is 101 Å². The lowest BCUT2D eigenvalue weighted by Gasteiger charge is -2.12. The van der Waals surface area contributed by atoms with Crippen molar-refractivity contribution in [1.82, 2.24) is 5.32 Å². The molecule has 0 fully saturated rings. The number of nitrogens with one attached hydrogen (secondary N) is 1. The number of hydrogen-bond acceptors (Lipinski definition) is 3. The summed E-state index contributed by atoms with van der Waals surface area (Å²) >= 11 is 1.55. The molecule has 16 heavy (non-hydrogen) atoms. The lowest BCUT2D eigenvalue weighted by Crippen LogP contribution is -2.26. The van der Waals surface area contributed by atoms with Gasteiger partial charge < -0.3 is 10.1 Å². The van der Waals surface area contributed by atoms with E-state index in [1.54, 1.807) is 24.9 Å². The van der Waals surface area contributed by atoms with Crippen LogP contribution >= 0.6 is 11.8 Å². The first kappa shape index (κ1) is 13.5. The smallest absolute Gasteiger partial charge is 0.136 e. The van der Waals surface area contributed by atoms with E-state index < -0.39 is 0 Å². The van der Waals surface area contributed by atoms with E-state index in [9.17, 15) is 4.39 Å². The second-order valence-corrected chi connectivity index (χ2v) is 5.04. The molecule has 0 radical (unpaired) electrons. The third-order valence-corrected chi connectivity index (χ3v) is 3.23. The maximum atomic E-state index is 13.3. The van der Waals surface area contributed by atoms with E-state index in [-0.39, 0.29) is 5.82 Å². The predicted molar refractivity (Wildman–Crippen MR) is 66.5 cm³/mol. The fourth-order valence-electron chi connectivity index (χ4n) is 1.28. The van der Waals surface area contributed by atoms with Gasteiger partial charge >= 0.3 is 0 Å². The topological polar surface area (TPSA) is 21.3 Å². The summed E-state index contributed by atoms with van der Waals surface area (Å²) in [6.07, 6.45) is 0. The lowest BCUT2D eigenvalue weighted by molar-refractivity contribution is 0.199. The average molecular weight is 243 g/mol. The largest absolute Gasteiger partial charge is 0.383 e. The van der Waals surface area contributed by atoms with Crippen molar-refractivity contribution < 1.29 is 9.13 Å². The number of thioether (sulfide) groups is 1. The summed E-state index contributed by atoms with van der Waals surface area (Å²) < 4.78 is 18.3. The summed E-state index contributed by atoms with van der Waals surface area (Å²) in [7, 11) is 1.68. The Morgan fingerprint density at radius 1 is 1.44 bits per heavy atom. The van der Waals surface area contributed by atoms with Crippen molar-refractivity contribution in [2.24, 2.45) is 0 Å². The molecular formula is C12H18FNOS. The molecule has 0 bridgehead atoms. The highest BCUT2D eigenvalue weighted by Crippen LogP contribution is 2.25. The Hall–Kier alpha value is -0.580. The van der Waals surface area contributed by atoms with Crippen molar-refractivity contribution in [2.45, 2.75) is 17.1 Å². The zero-order valence-corrected chi connectivity index (χ0v) is 10.5. The van der Waals surface area contributed by atoms with Crippen LogP contribution in [0.3, 0.4) is 0 Å². The number of ether oxygens (including phenoxy) is 1. The minimum atomic E-state index is -0.142. The van der Waals surface area contributed by atoms with Crippen LogP contribution < -0.4 is 5.32 Å². The molecule has 0 spiro atoms. The van der Waals surface area contributed by atoms with E-state index in [0.29, 0.717) is 16.8 Å². The Morgan fingerprint density at radius 3 is 2.88 bits per heavy atom. The van der Waals surface area contributed by atoms with Crippen molar-refractivity contribution in [2.75, 3.05) is 26.8 Å². The lowest BCUT2D eigenvalue weighted by atomic mass is 10.3. The Kier molecular flexibility index (Phi) is 6.45. The normalized spacial score (nSPS) is 12.7. The van der Waals surface area contributed by atoms with Crippen LogP contribution in [0.1, 0.15) is 6.92 Å². The van der Waals surface area contributed by atoms with Gasteiger partial charge in [-0.1, -0.05) is 19.1 Å². The van der Waals surface area contributed by atoms with Crippen LogP contribution in [0.25, 0.3) is 0 Å². The predicted octanol–water partition coefficient (Wildman–Crippen LogP) is 2.54. The van der Waals surface area contributed by atoms with Gasteiger partial charge in [0, 0.05) is 30.3 Å². The third kappa shape index (κ3) is 4.96. The summed E-state index contributed by atoms with van der Waals surface area (Å²) in [4.78, 5) is 0.712. The molecule has 0 heterocycles. The van der Waals surface area contributed by atoms with Gasteiger partial charge in [0.2, 0.25) is 0 Å². The molecule has 1 aromatic carbocycles. The first-order chi connectivity index (χ1) is 7.74. The minimum Gasteiger partial charge on any atom is -0.383 e. The van der Waals surface area contributed by atoms with E-state index in [1.807, 2.05) is 12.1 Å². The molecule has 0 aromatic heterocycles. The van der Waals surface area contributed by atoms with Crippen LogP contribution in [0, 0.1) is 5.82 Å². The Balaban J connectivity index is 2.28. The fourth-order valence-corrected chi connectivity index (χ4v) is 2.25. The van der Waals surface area contributed by atoms with E-state index in [2.05, 4.69) is 12.2 Å². The maximum Gasteiger partial charge on any atom is 0.136 e. The van der Waals surface area contributed by atoms with Gasteiger partial charge in [0.05, 0.1) is 6.61 Å². The zero-order valence-electron chi connectivity index (χ0n) is 9.70. The van der Waals surface area contributed by atoms with Gasteiger partial charge in [-0.2, -0.15) is 0 Å². The van der Waals surface area contributed by atoms with E-state index in [1.165, 1.54) is 6.07 Å². The highest BCUT2D eigenvalue weighted by molar-refractivity contribution is 8.00. The number of hydrogen-bond donors (Lipinski definition) is 1. The van der Waals surface area contributed by atoms with E-state index in [0.717, 1.165) is 13.1 Å². The number of benzene rings is 1. The fraction of sp³-hybridized carbons (Fsp3) is 0.500. The molecule has 0 aliphatic rings. The van der Waals surface area contributed by atoms with Crippen LogP contribution in [-0.2, 0) is 4.74 Å². The molecule has 0 saturated carbocycles. The maximum absolute atomic E-state index is 13.3. The van der Waals surface area contributed by atoms with Gasteiger partial charge in [-0.05, 0) is 12.1 Å². The van der Waals surface area contributed by atoms with Gasteiger partial charge in [0.15, 0.2) is 0 Å². The Bertz CT molecular complexity index is 309. The van der Waals surface area contributed by atoms with Gasteiger partial charge in [0.25, 0.3) is 0 Å². The standard InChI is InChI=1S/C12H18FNOS/c1-10(9-14-7-8-15-2)16-12-6-4-3-5-11(12)13/h3-6,10,14H,7-9H2,1-2H3. The quantitative estimate of drug-likeness (QED) is 0.587. The summed E-state index contributed by atoms with van der Waals surface area (Å²) in [5.74, 6) is -0.142. The third-order valence-electron chi connectivity index (χ3n) is 2.08.